The van der Waals surface area contributed by atoms with Crippen LogP contribution in [-0.4, -0.2) is 17.6 Å². The number of carbonyl (C=O) groups is 1. The van der Waals surface area contributed by atoms with Gasteiger partial charge in [0.1, 0.15) is 0 Å². The van der Waals surface area contributed by atoms with E-state index in [4.69, 9.17) is 22.4 Å². The first kappa shape index (κ1) is 15.0. The van der Waals surface area contributed by atoms with E-state index < -0.39 is 11.9 Å². The molecule has 0 saturated carbocycles. The fourth-order valence-electron chi connectivity index (χ4n) is 2.00. The van der Waals surface area contributed by atoms with Crippen LogP contribution in [0.25, 0.3) is 0 Å². The number of rotatable bonds is 7. The fraction of sp³-hybridized carbons (Fsp3) is 0.500. The molecule has 18 heavy (non-hydrogen) atoms. The van der Waals surface area contributed by atoms with E-state index in [-0.39, 0.29) is 6.54 Å². The maximum Gasteiger partial charge on any atom is 0.307 e. The quantitative estimate of drug-likeness (QED) is 0.800. The lowest BCUT2D eigenvalue weighted by Crippen LogP contribution is -2.23. The molecule has 0 aliphatic heterocycles. The van der Waals surface area contributed by atoms with Crippen molar-refractivity contribution in [2.24, 2.45) is 17.6 Å². The van der Waals surface area contributed by atoms with Gasteiger partial charge in [0.05, 0.1) is 5.92 Å². The van der Waals surface area contributed by atoms with E-state index in [1.807, 2.05) is 24.3 Å². The van der Waals surface area contributed by atoms with Gasteiger partial charge in [-0.2, -0.15) is 0 Å². The number of carboxylic acids is 1. The summed E-state index contributed by atoms with van der Waals surface area (Å²) in [5.74, 6) is -0.795. The Morgan fingerprint density at radius 1 is 1.44 bits per heavy atom. The van der Waals surface area contributed by atoms with E-state index in [0.29, 0.717) is 12.3 Å². The summed E-state index contributed by atoms with van der Waals surface area (Å²) in [5, 5.41) is 9.66. The minimum Gasteiger partial charge on any atom is -0.481 e. The van der Waals surface area contributed by atoms with Crippen molar-refractivity contribution < 1.29 is 9.90 Å². The lowest BCUT2D eigenvalue weighted by atomic mass is 9.92. The summed E-state index contributed by atoms with van der Waals surface area (Å²) in [5.41, 5.74) is 6.62. The number of hydrogen-bond acceptors (Lipinski definition) is 2. The summed E-state index contributed by atoms with van der Waals surface area (Å²) in [4.78, 5) is 10.8. The molecule has 0 aromatic heterocycles. The van der Waals surface area contributed by atoms with Crippen molar-refractivity contribution in [3.63, 3.8) is 0 Å². The number of benzene rings is 1. The van der Waals surface area contributed by atoms with Crippen molar-refractivity contribution in [2.45, 2.75) is 26.2 Å². The zero-order valence-corrected chi connectivity index (χ0v) is 11.4. The molecule has 0 spiro atoms. The molecule has 0 bridgehead atoms. The summed E-state index contributed by atoms with van der Waals surface area (Å²) in [7, 11) is 0. The van der Waals surface area contributed by atoms with Crippen LogP contribution in [0.1, 0.15) is 25.3 Å². The number of carboxylic acid groups (broad SMARTS) is 1. The molecule has 3 nitrogen and oxygen atoms in total. The highest BCUT2D eigenvalue weighted by Crippen LogP contribution is 2.19. The second-order valence-corrected chi connectivity index (χ2v) is 5.22. The smallest absolute Gasteiger partial charge is 0.307 e. The van der Waals surface area contributed by atoms with E-state index >= 15 is 0 Å². The second-order valence-electron chi connectivity index (χ2n) is 4.79. The van der Waals surface area contributed by atoms with Crippen LogP contribution >= 0.6 is 11.6 Å². The van der Waals surface area contributed by atoms with Crippen molar-refractivity contribution in [1.29, 1.82) is 0 Å². The van der Waals surface area contributed by atoms with Gasteiger partial charge in [0.25, 0.3) is 0 Å². The Hall–Kier alpha value is -1.06. The van der Waals surface area contributed by atoms with Gasteiger partial charge in [-0.05, 0) is 42.9 Å². The molecule has 0 aliphatic carbocycles. The van der Waals surface area contributed by atoms with Crippen LogP contribution in [0.2, 0.25) is 5.02 Å². The summed E-state index contributed by atoms with van der Waals surface area (Å²) >= 11 is 5.93. The van der Waals surface area contributed by atoms with Crippen molar-refractivity contribution in [3.8, 4) is 0 Å². The van der Waals surface area contributed by atoms with Gasteiger partial charge in [-0.25, -0.2) is 0 Å². The van der Waals surface area contributed by atoms with Gasteiger partial charge < -0.3 is 10.8 Å². The molecule has 0 radical (unpaired) electrons. The van der Waals surface area contributed by atoms with Crippen LogP contribution < -0.4 is 5.73 Å². The van der Waals surface area contributed by atoms with Crippen LogP contribution in [0.15, 0.2) is 24.3 Å². The van der Waals surface area contributed by atoms with Gasteiger partial charge in [0.15, 0.2) is 0 Å². The van der Waals surface area contributed by atoms with Crippen LogP contribution in [0.4, 0.5) is 0 Å². The highest BCUT2D eigenvalue weighted by atomic mass is 35.5. The molecule has 0 heterocycles. The standard InChI is InChI=1S/C14H20ClNO2/c1-10(5-6-12(9-16)14(17)18)7-11-3-2-4-13(15)8-11/h2-4,8,10,12H,5-7,9,16H2,1H3,(H,17,18). The molecule has 1 rings (SSSR count). The number of hydrogen-bond donors (Lipinski definition) is 2. The highest BCUT2D eigenvalue weighted by Gasteiger charge is 2.16. The Morgan fingerprint density at radius 2 is 2.17 bits per heavy atom. The minimum absolute atomic E-state index is 0.208. The van der Waals surface area contributed by atoms with Crippen LogP contribution in [0, 0.1) is 11.8 Å². The summed E-state index contributed by atoms with van der Waals surface area (Å²) in [6, 6.07) is 7.78. The fourth-order valence-corrected chi connectivity index (χ4v) is 2.21. The summed E-state index contributed by atoms with van der Waals surface area (Å²) < 4.78 is 0. The first-order valence-corrected chi connectivity index (χ1v) is 6.58. The number of halogens is 1. The largest absolute Gasteiger partial charge is 0.481 e. The molecule has 1 aromatic rings. The molecule has 4 heteroatoms. The normalized spacial score (nSPS) is 14.2. The average Bonchev–Trinajstić information content (AvgIpc) is 2.29. The molecule has 0 fully saturated rings. The molecule has 3 N–H and O–H groups in total. The maximum absolute atomic E-state index is 10.8. The lowest BCUT2D eigenvalue weighted by Gasteiger charge is -2.14. The van der Waals surface area contributed by atoms with E-state index in [2.05, 4.69) is 6.92 Å². The zero-order chi connectivity index (χ0) is 13.5. The minimum atomic E-state index is -0.799. The molecule has 100 valence electrons. The zero-order valence-electron chi connectivity index (χ0n) is 10.6. The molecular weight excluding hydrogens is 250 g/mol. The molecule has 2 unspecified atom stereocenters. The maximum atomic E-state index is 10.8. The SMILES string of the molecule is CC(CCC(CN)C(=O)O)Cc1cccc(Cl)c1. The van der Waals surface area contributed by atoms with Gasteiger partial charge in [-0.15, -0.1) is 0 Å². The molecule has 0 aliphatic rings. The average molecular weight is 270 g/mol. The van der Waals surface area contributed by atoms with Crippen LogP contribution in [0.3, 0.4) is 0 Å². The lowest BCUT2D eigenvalue weighted by molar-refractivity contribution is -0.141. The van der Waals surface area contributed by atoms with Gasteiger partial charge >= 0.3 is 5.97 Å². The molecule has 0 amide bonds. The third-order valence-corrected chi connectivity index (χ3v) is 3.35. The van der Waals surface area contributed by atoms with Crippen molar-refractivity contribution >= 4 is 17.6 Å². The van der Waals surface area contributed by atoms with Crippen LogP contribution in [0.5, 0.6) is 0 Å². The van der Waals surface area contributed by atoms with Crippen LogP contribution in [-0.2, 0) is 11.2 Å². The van der Waals surface area contributed by atoms with Crippen molar-refractivity contribution in [2.75, 3.05) is 6.54 Å². The molecular formula is C14H20ClNO2. The Bertz CT molecular complexity index is 395. The predicted molar refractivity (Wildman–Crippen MR) is 73.7 cm³/mol. The second kappa shape index (κ2) is 7.39. The molecule has 1 aromatic carbocycles. The Balaban J connectivity index is 2.42. The summed E-state index contributed by atoms with van der Waals surface area (Å²) in [6.07, 6.45) is 2.41. The first-order valence-electron chi connectivity index (χ1n) is 6.20. The van der Waals surface area contributed by atoms with Gasteiger partial charge in [-0.1, -0.05) is 30.7 Å². The van der Waals surface area contributed by atoms with E-state index in [9.17, 15) is 4.79 Å². The predicted octanol–water partition coefficient (Wildman–Crippen LogP) is 2.96. The van der Waals surface area contributed by atoms with E-state index in [0.717, 1.165) is 17.9 Å². The van der Waals surface area contributed by atoms with Gasteiger partial charge in [0, 0.05) is 11.6 Å². The Morgan fingerprint density at radius 3 is 2.72 bits per heavy atom. The molecule has 2 atom stereocenters. The van der Waals surface area contributed by atoms with Gasteiger partial charge in [-0.3, -0.25) is 4.79 Å². The Labute approximate surface area is 113 Å². The summed E-state index contributed by atoms with van der Waals surface area (Å²) in [6.45, 7) is 2.33. The third kappa shape index (κ3) is 5.07. The topological polar surface area (TPSA) is 63.3 Å². The first-order chi connectivity index (χ1) is 8.52. The van der Waals surface area contributed by atoms with Crippen molar-refractivity contribution in [1.82, 2.24) is 0 Å². The number of nitrogens with two attached hydrogens (primary N) is 1. The monoisotopic (exact) mass is 269 g/mol. The third-order valence-electron chi connectivity index (χ3n) is 3.11. The number of aliphatic carboxylic acids is 1. The van der Waals surface area contributed by atoms with E-state index in [1.54, 1.807) is 0 Å². The Kier molecular flexibility index (Phi) is 6.16. The van der Waals surface area contributed by atoms with Crippen molar-refractivity contribution in [3.05, 3.63) is 34.9 Å². The van der Waals surface area contributed by atoms with E-state index in [1.165, 1.54) is 5.56 Å². The van der Waals surface area contributed by atoms with Gasteiger partial charge in [0.2, 0.25) is 0 Å². The highest BCUT2D eigenvalue weighted by molar-refractivity contribution is 6.30. The molecule has 0 saturated heterocycles.